The number of carboxylic acid groups (broad SMARTS) is 1. The molecule has 32 heavy (non-hydrogen) atoms. The van der Waals surface area contributed by atoms with Gasteiger partial charge >= 0.3 is 5.97 Å². The third-order valence-corrected chi connectivity index (χ3v) is 6.23. The minimum atomic E-state index is -1.06. The van der Waals surface area contributed by atoms with Crippen molar-refractivity contribution in [1.29, 1.82) is 0 Å². The minimum Gasteiger partial charge on any atom is -0.481 e. The highest BCUT2D eigenvalue weighted by molar-refractivity contribution is 7.13. The van der Waals surface area contributed by atoms with Gasteiger partial charge in [-0.25, -0.2) is 0 Å². The maximum Gasteiger partial charge on any atom is 0.303 e. The normalized spacial score (nSPS) is 18.6. The third-order valence-electron chi connectivity index (χ3n) is 5.31. The number of rotatable bonds is 10. The van der Waals surface area contributed by atoms with Crippen LogP contribution in [0.15, 0.2) is 41.8 Å². The predicted molar refractivity (Wildman–Crippen MR) is 121 cm³/mol. The number of carboxylic acids is 1. The largest absolute Gasteiger partial charge is 0.481 e. The summed E-state index contributed by atoms with van der Waals surface area (Å²) in [5.74, 6) is -2.23. The molecule has 0 aliphatic carbocycles. The van der Waals surface area contributed by atoms with Gasteiger partial charge in [0.15, 0.2) is 0 Å². The van der Waals surface area contributed by atoms with Crippen LogP contribution < -0.4 is 16.0 Å². The number of carbonyl (C=O) groups excluding carboxylic acids is 3. The Morgan fingerprint density at radius 2 is 1.94 bits per heavy atom. The molecule has 1 aliphatic rings. The van der Waals surface area contributed by atoms with Gasteiger partial charge in [-0.3, -0.25) is 19.2 Å². The first-order chi connectivity index (χ1) is 15.3. The van der Waals surface area contributed by atoms with Crippen molar-refractivity contribution in [3.8, 4) is 10.4 Å². The van der Waals surface area contributed by atoms with Crippen LogP contribution in [0.3, 0.4) is 0 Å². The van der Waals surface area contributed by atoms with Gasteiger partial charge in [0, 0.05) is 23.8 Å². The zero-order chi connectivity index (χ0) is 23.1. The van der Waals surface area contributed by atoms with Crippen LogP contribution in [0.1, 0.15) is 38.2 Å². The number of hydrogen-bond acceptors (Lipinski definition) is 5. The van der Waals surface area contributed by atoms with Gasteiger partial charge in [0.2, 0.25) is 17.7 Å². The van der Waals surface area contributed by atoms with Crippen LogP contribution in [-0.2, 0) is 25.6 Å². The van der Waals surface area contributed by atoms with Gasteiger partial charge in [0.25, 0.3) is 0 Å². The van der Waals surface area contributed by atoms with Gasteiger partial charge in [0.05, 0.1) is 0 Å². The van der Waals surface area contributed by atoms with E-state index in [0.29, 0.717) is 12.8 Å². The van der Waals surface area contributed by atoms with Crippen molar-refractivity contribution in [1.82, 2.24) is 16.0 Å². The molecule has 0 spiro atoms. The van der Waals surface area contributed by atoms with Crippen LogP contribution in [0.2, 0.25) is 0 Å². The van der Waals surface area contributed by atoms with E-state index in [9.17, 15) is 19.2 Å². The smallest absolute Gasteiger partial charge is 0.303 e. The first kappa shape index (κ1) is 23.5. The zero-order valence-electron chi connectivity index (χ0n) is 17.8. The molecule has 2 aromatic rings. The van der Waals surface area contributed by atoms with Gasteiger partial charge in [-0.05, 0) is 48.8 Å². The molecule has 9 heteroatoms. The fourth-order valence-corrected chi connectivity index (χ4v) is 4.33. The molecule has 3 amide bonds. The molecule has 0 bridgehead atoms. The second-order valence-corrected chi connectivity index (χ2v) is 8.88. The number of benzene rings is 1. The van der Waals surface area contributed by atoms with E-state index in [-0.39, 0.29) is 37.1 Å². The summed E-state index contributed by atoms with van der Waals surface area (Å²) < 4.78 is 0. The topological polar surface area (TPSA) is 125 Å². The number of aliphatic carboxylic acids is 1. The lowest BCUT2D eigenvalue weighted by Crippen LogP contribution is -2.51. The highest BCUT2D eigenvalue weighted by Gasteiger charge is 2.32. The van der Waals surface area contributed by atoms with E-state index in [1.54, 1.807) is 11.3 Å². The second kappa shape index (κ2) is 10.9. The predicted octanol–water partition coefficient (Wildman–Crippen LogP) is 2.09. The van der Waals surface area contributed by atoms with Crippen LogP contribution in [0.5, 0.6) is 0 Å². The molecule has 1 aliphatic heterocycles. The SMILES string of the molecule is CC1C[C@H](NC(=O)C(CCC(=O)O)NC(=O)CCc2ccc(-c3cccs3)cc2)C(=O)N1. The first-order valence-corrected chi connectivity index (χ1v) is 11.4. The summed E-state index contributed by atoms with van der Waals surface area (Å²) in [6, 6.07) is 10.3. The Balaban J connectivity index is 1.54. The number of aryl methyl sites for hydroxylation is 1. The van der Waals surface area contributed by atoms with Crippen LogP contribution in [-0.4, -0.2) is 46.9 Å². The molecule has 4 N–H and O–H groups in total. The Morgan fingerprint density at radius 3 is 2.53 bits per heavy atom. The van der Waals surface area contributed by atoms with E-state index >= 15 is 0 Å². The van der Waals surface area contributed by atoms with E-state index in [1.807, 2.05) is 48.7 Å². The highest BCUT2D eigenvalue weighted by atomic mass is 32.1. The molecule has 0 saturated carbocycles. The molecule has 1 saturated heterocycles. The molecule has 2 unspecified atom stereocenters. The Kier molecular flexibility index (Phi) is 7.99. The van der Waals surface area contributed by atoms with E-state index in [1.165, 1.54) is 4.88 Å². The van der Waals surface area contributed by atoms with Crippen molar-refractivity contribution >= 4 is 35.0 Å². The summed E-state index contributed by atoms with van der Waals surface area (Å²) in [5, 5.41) is 19.0. The molecular weight excluding hydrogens is 430 g/mol. The zero-order valence-corrected chi connectivity index (χ0v) is 18.6. The molecule has 8 nitrogen and oxygen atoms in total. The lowest BCUT2D eigenvalue weighted by Gasteiger charge is -2.20. The lowest BCUT2D eigenvalue weighted by molar-refractivity contribution is -0.138. The van der Waals surface area contributed by atoms with Crippen molar-refractivity contribution in [2.75, 3.05) is 0 Å². The fraction of sp³-hybridized carbons (Fsp3) is 0.391. The maximum absolute atomic E-state index is 12.6. The second-order valence-electron chi connectivity index (χ2n) is 7.93. The summed E-state index contributed by atoms with van der Waals surface area (Å²) in [6.07, 6.45) is 0.788. The van der Waals surface area contributed by atoms with Crippen LogP contribution in [0.25, 0.3) is 10.4 Å². The summed E-state index contributed by atoms with van der Waals surface area (Å²) in [6.45, 7) is 1.83. The van der Waals surface area contributed by atoms with Crippen LogP contribution >= 0.6 is 11.3 Å². The van der Waals surface area contributed by atoms with Gasteiger partial charge in [-0.2, -0.15) is 0 Å². The summed E-state index contributed by atoms with van der Waals surface area (Å²) >= 11 is 1.66. The number of amides is 3. The Hall–Kier alpha value is -3.20. The Morgan fingerprint density at radius 1 is 1.19 bits per heavy atom. The molecule has 1 fully saturated rings. The van der Waals surface area contributed by atoms with Crippen molar-refractivity contribution in [3.05, 3.63) is 47.3 Å². The molecule has 3 rings (SSSR count). The Bertz CT molecular complexity index is 959. The number of hydrogen-bond donors (Lipinski definition) is 4. The quantitative estimate of drug-likeness (QED) is 0.435. The molecule has 0 radical (unpaired) electrons. The third kappa shape index (κ3) is 6.65. The molecule has 1 aromatic carbocycles. The number of nitrogens with one attached hydrogen (secondary N) is 3. The fourth-order valence-electron chi connectivity index (χ4n) is 3.60. The lowest BCUT2D eigenvalue weighted by atomic mass is 10.1. The van der Waals surface area contributed by atoms with E-state index in [4.69, 9.17) is 5.11 Å². The van der Waals surface area contributed by atoms with Crippen molar-refractivity contribution in [2.45, 2.75) is 57.2 Å². The van der Waals surface area contributed by atoms with Crippen molar-refractivity contribution in [3.63, 3.8) is 0 Å². The standard InChI is InChI=1S/C23H27N3O5S/c1-14-13-18(23(31)24-14)26-22(30)17(9-11-21(28)29)25-20(27)10-6-15-4-7-16(8-5-15)19-3-2-12-32-19/h2-5,7-8,12,14,17-18H,6,9-11,13H2,1H3,(H,24,31)(H,25,27)(H,26,30)(H,28,29)/t14?,17?,18-/m0/s1. The molecule has 3 atom stereocenters. The van der Waals surface area contributed by atoms with E-state index < -0.39 is 24.0 Å². The van der Waals surface area contributed by atoms with Crippen LogP contribution in [0, 0.1) is 0 Å². The summed E-state index contributed by atoms with van der Waals surface area (Å²) in [5.41, 5.74) is 2.10. The molecular formula is C23H27N3O5S. The molecule has 2 heterocycles. The van der Waals surface area contributed by atoms with E-state index in [2.05, 4.69) is 16.0 Å². The van der Waals surface area contributed by atoms with E-state index in [0.717, 1.165) is 11.1 Å². The summed E-state index contributed by atoms with van der Waals surface area (Å²) in [4.78, 5) is 49.1. The number of carbonyl (C=O) groups is 4. The maximum atomic E-state index is 12.6. The number of thiophene rings is 1. The first-order valence-electron chi connectivity index (χ1n) is 10.6. The molecule has 1 aromatic heterocycles. The van der Waals surface area contributed by atoms with Gasteiger partial charge < -0.3 is 21.1 Å². The van der Waals surface area contributed by atoms with Gasteiger partial charge in [-0.1, -0.05) is 30.3 Å². The average Bonchev–Trinajstić information content (AvgIpc) is 3.39. The van der Waals surface area contributed by atoms with Crippen LogP contribution in [0.4, 0.5) is 0 Å². The monoisotopic (exact) mass is 457 g/mol. The summed E-state index contributed by atoms with van der Waals surface area (Å²) in [7, 11) is 0. The molecule has 170 valence electrons. The van der Waals surface area contributed by atoms with Crippen molar-refractivity contribution < 1.29 is 24.3 Å². The average molecular weight is 458 g/mol. The van der Waals surface area contributed by atoms with Gasteiger partial charge in [0.1, 0.15) is 12.1 Å². The minimum absolute atomic E-state index is 0.0493. The Labute approximate surface area is 190 Å². The van der Waals surface area contributed by atoms with Gasteiger partial charge in [-0.15, -0.1) is 11.3 Å². The highest BCUT2D eigenvalue weighted by Crippen LogP contribution is 2.24. The van der Waals surface area contributed by atoms with Crippen molar-refractivity contribution in [2.24, 2.45) is 0 Å².